The number of ether oxygens (including phenoxy) is 3. The summed E-state index contributed by atoms with van der Waals surface area (Å²) in [5.41, 5.74) is -2.03. The number of aromatic nitrogens is 2. The van der Waals surface area contributed by atoms with Crippen LogP contribution in [0.5, 0.6) is 11.5 Å². The number of carbonyl (C=O) groups excluding carboxylic acids is 1. The number of hydrogen-bond acceptors (Lipinski definition) is 7. The van der Waals surface area contributed by atoms with Crippen LogP contribution in [0.2, 0.25) is 0 Å². The average Bonchev–Trinajstić information content (AvgIpc) is 2.94. The molecule has 0 saturated heterocycles. The van der Waals surface area contributed by atoms with Gasteiger partial charge in [0.2, 0.25) is 22.5 Å². The first kappa shape index (κ1) is 28.6. The van der Waals surface area contributed by atoms with E-state index in [-0.39, 0.29) is 70.8 Å². The lowest BCUT2D eigenvalue weighted by molar-refractivity contribution is 0.0523. The van der Waals surface area contributed by atoms with E-state index >= 15 is 0 Å². The fourth-order valence-electron chi connectivity index (χ4n) is 4.89. The second-order valence-corrected chi connectivity index (χ2v) is 9.70. The van der Waals surface area contributed by atoms with Crippen molar-refractivity contribution in [3.63, 3.8) is 0 Å². The first-order chi connectivity index (χ1) is 19.9. The molecule has 0 radical (unpaired) electrons. The highest BCUT2D eigenvalue weighted by molar-refractivity contribution is 5.96. The van der Waals surface area contributed by atoms with Gasteiger partial charge in [0.05, 0.1) is 40.5 Å². The van der Waals surface area contributed by atoms with E-state index in [1.165, 1.54) is 10.8 Å². The number of rotatable bonds is 3. The summed E-state index contributed by atoms with van der Waals surface area (Å²) in [6.07, 6.45) is 2.46. The SMILES string of the molecule is CCOC(=O)c1cn2c3c(c(F)c(F)cc3c1=O)OC[C@@H]2C.C[C@H]1COc2c(F)c(F)cc3c(=O)c(C(=O)O)cn1c23. The third-order valence-corrected chi connectivity index (χ3v) is 6.95. The molecule has 6 rings (SSSR count). The van der Waals surface area contributed by atoms with Gasteiger partial charge in [0.15, 0.2) is 23.1 Å². The molecule has 0 unspecified atom stereocenters. The molecule has 0 bridgehead atoms. The highest BCUT2D eigenvalue weighted by Gasteiger charge is 2.29. The van der Waals surface area contributed by atoms with Crippen molar-refractivity contribution < 1.29 is 46.5 Å². The van der Waals surface area contributed by atoms with E-state index in [0.717, 1.165) is 12.3 Å². The van der Waals surface area contributed by atoms with Crippen molar-refractivity contribution in [2.45, 2.75) is 32.9 Å². The Morgan fingerprint density at radius 1 is 0.857 bits per heavy atom. The lowest BCUT2D eigenvalue weighted by atomic mass is 10.1. The minimum Gasteiger partial charge on any atom is -0.486 e. The molecule has 2 aromatic heterocycles. The lowest BCUT2D eigenvalue weighted by Crippen LogP contribution is -2.27. The molecule has 14 heteroatoms. The summed E-state index contributed by atoms with van der Waals surface area (Å²) in [7, 11) is 0. The number of carbonyl (C=O) groups is 2. The number of aromatic carboxylic acids is 1. The van der Waals surface area contributed by atoms with Crippen molar-refractivity contribution in [2.75, 3.05) is 19.8 Å². The van der Waals surface area contributed by atoms with E-state index in [1.807, 2.05) is 0 Å². The molecule has 0 aliphatic carbocycles. The highest BCUT2D eigenvalue weighted by Crippen LogP contribution is 2.36. The molecular formula is C28H22F4N2O8. The third kappa shape index (κ3) is 4.43. The minimum atomic E-state index is -1.41. The van der Waals surface area contributed by atoms with Crippen LogP contribution in [0.3, 0.4) is 0 Å². The zero-order valence-electron chi connectivity index (χ0n) is 22.3. The molecule has 42 heavy (non-hydrogen) atoms. The maximum atomic E-state index is 13.9. The molecule has 220 valence electrons. The first-order valence-corrected chi connectivity index (χ1v) is 12.7. The predicted octanol–water partition coefficient (Wildman–Crippen LogP) is 4.34. The van der Waals surface area contributed by atoms with Gasteiger partial charge in [-0.3, -0.25) is 9.59 Å². The van der Waals surface area contributed by atoms with E-state index in [9.17, 15) is 36.7 Å². The van der Waals surface area contributed by atoms with Gasteiger partial charge < -0.3 is 28.5 Å². The maximum absolute atomic E-state index is 13.9. The number of benzene rings is 2. The number of nitrogens with zero attached hydrogens (tertiary/aromatic N) is 2. The van der Waals surface area contributed by atoms with Crippen molar-refractivity contribution in [3.05, 3.63) is 79.4 Å². The van der Waals surface area contributed by atoms with Gasteiger partial charge in [0, 0.05) is 12.4 Å². The fourth-order valence-corrected chi connectivity index (χ4v) is 4.89. The summed E-state index contributed by atoms with van der Waals surface area (Å²) in [5, 5.41) is 8.72. The standard InChI is InChI=1S/C15H13F2NO4.C13H9F2NO4/c1-3-21-15(20)9-5-18-7(2)6-22-14-11(17)10(16)4-8(12(14)18)13(9)19;1-5-4-20-12-9(15)8(14)2-6-10(12)16(5)3-7(11(6)17)13(18)19/h4-5,7H,3,6H2,1-2H3;2-3,5H,4H2,1H3,(H,18,19)/t7-;5-/m00/s1. The van der Waals surface area contributed by atoms with Gasteiger partial charge in [0.25, 0.3) is 0 Å². The van der Waals surface area contributed by atoms with E-state index < -0.39 is 51.6 Å². The number of halogens is 4. The van der Waals surface area contributed by atoms with E-state index in [4.69, 9.17) is 19.3 Å². The molecule has 2 aromatic carbocycles. The maximum Gasteiger partial charge on any atom is 0.343 e. The molecule has 0 spiro atoms. The molecule has 0 saturated carbocycles. The van der Waals surface area contributed by atoms with Crippen LogP contribution in [0.15, 0.2) is 34.1 Å². The van der Waals surface area contributed by atoms with Gasteiger partial charge in [-0.15, -0.1) is 0 Å². The van der Waals surface area contributed by atoms with Gasteiger partial charge in [-0.25, -0.2) is 18.4 Å². The van der Waals surface area contributed by atoms with Gasteiger partial charge in [-0.2, -0.15) is 8.78 Å². The molecule has 2 atom stereocenters. The Bertz CT molecular complexity index is 1930. The summed E-state index contributed by atoms with van der Waals surface area (Å²) in [5.74, 6) is -7.62. The quantitative estimate of drug-likeness (QED) is 0.276. The highest BCUT2D eigenvalue weighted by atomic mass is 19.2. The Morgan fingerprint density at radius 3 is 1.71 bits per heavy atom. The largest absolute Gasteiger partial charge is 0.486 e. The van der Waals surface area contributed by atoms with Gasteiger partial charge in [0.1, 0.15) is 24.3 Å². The molecule has 4 aromatic rings. The van der Waals surface area contributed by atoms with Crippen LogP contribution in [0, 0.1) is 23.3 Å². The van der Waals surface area contributed by atoms with Crippen molar-refractivity contribution in [1.82, 2.24) is 9.13 Å². The Morgan fingerprint density at radius 2 is 1.29 bits per heavy atom. The minimum absolute atomic E-state index is 0.0599. The molecule has 2 aliphatic heterocycles. The summed E-state index contributed by atoms with van der Waals surface area (Å²) >= 11 is 0. The molecule has 0 amide bonds. The zero-order chi connectivity index (χ0) is 30.6. The Balaban J connectivity index is 0.000000169. The summed E-state index contributed by atoms with van der Waals surface area (Å²) < 4.78 is 73.0. The number of esters is 1. The molecule has 4 heterocycles. The number of carboxylic acids is 1. The smallest absolute Gasteiger partial charge is 0.343 e. The van der Waals surface area contributed by atoms with Crippen molar-refractivity contribution in [1.29, 1.82) is 0 Å². The van der Waals surface area contributed by atoms with Crippen molar-refractivity contribution in [2.24, 2.45) is 0 Å². The number of carboxylic acid groups (broad SMARTS) is 1. The fraction of sp³-hybridized carbons (Fsp3) is 0.286. The predicted molar refractivity (Wildman–Crippen MR) is 140 cm³/mol. The van der Waals surface area contributed by atoms with E-state index in [2.05, 4.69) is 0 Å². The molecule has 2 aliphatic rings. The van der Waals surface area contributed by atoms with Gasteiger partial charge in [-0.1, -0.05) is 0 Å². The van der Waals surface area contributed by atoms with Crippen LogP contribution in [-0.2, 0) is 4.74 Å². The lowest BCUT2D eigenvalue weighted by Gasteiger charge is -2.27. The summed E-state index contributed by atoms with van der Waals surface area (Å²) in [6, 6.07) is 0.958. The molecule has 0 fully saturated rings. The van der Waals surface area contributed by atoms with Crippen molar-refractivity contribution in [3.8, 4) is 11.5 Å². The number of pyridine rings is 2. The molecule has 10 nitrogen and oxygen atoms in total. The average molecular weight is 590 g/mol. The normalized spacial score (nSPS) is 16.7. The van der Waals surface area contributed by atoms with Crippen LogP contribution in [0.1, 0.15) is 53.6 Å². The van der Waals surface area contributed by atoms with Crippen molar-refractivity contribution >= 4 is 33.7 Å². The summed E-state index contributed by atoms with van der Waals surface area (Å²) in [4.78, 5) is 47.4. The van der Waals surface area contributed by atoms with Crippen LogP contribution in [0.4, 0.5) is 17.6 Å². The Hall–Kier alpha value is -4.88. The second-order valence-electron chi connectivity index (χ2n) is 9.70. The van der Waals surface area contributed by atoms with Crippen LogP contribution < -0.4 is 20.3 Å². The molecule has 1 N–H and O–H groups in total. The van der Waals surface area contributed by atoms with Crippen LogP contribution >= 0.6 is 0 Å². The summed E-state index contributed by atoms with van der Waals surface area (Å²) in [6.45, 7) is 5.39. The molecular weight excluding hydrogens is 568 g/mol. The van der Waals surface area contributed by atoms with Crippen LogP contribution in [-0.4, -0.2) is 46.0 Å². The first-order valence-electron chi connectivity index (χ1n) is 12.7. The Kier molecular flexibility index (Phi) is 7.16. The van der Waals surface area contributed by atoms with E-state index in [0.29, 0.717) is 6.07 Å². The third-order valence-electron chi connectivity index (χ3n) is 6.95. The van der Waals surface area contributed by atoms with Gasteiger partial charge in [-0.05, 0) is 32.9 Å². The van der Waals surface area contributed by atoms with Gasteiger partial charge >= 0.3 is 11.9 Å². The van der Waals surface area contributed by atoms with E-state index in [1.54, 1.807) is 25.3 Å². The topological polar surface area (TPSA) is 126 Å². The monoisotopic (exact) mass is 590 g/mol. The Labute approximate surface area is 233 Å². The number of hydrogen-bond donors (Lipinski definition) is 1. The zero-order valence-corrected chi connectivity index (χ0v) is 22.3. The second kappa shape index (κ2) is 10.5. The van der Waals surface area contributed by atoms with Crippen LogP contribution in [0.25, 0.3) is 21.8 Å².